The highest BCUT2D eigenvalue weighted by Gasteiger charge is 2.17. The number of aromatic nitrogens is 2. The smallest absolute Gasteiger partial charge is 0.255 e. The maximum absolute atomic E-state index is 14.4. The summed E-state index contributed by atoms with van der Waals surface area (Å²) in [7, 11) is 0. The SMILES string of the molecule is C=C(C)c1cnc(-c2cc(Cl)ccc2F)cc1Nc1ccncc1C(=O)NC(C)CO. The van der Waals surface area contributed by atoms with Crippen LogP contribution in [-0.2, 0) is 0 Å². The quantitative estimate of drug-likeness (QED) is 0.490. The largest absolute Gasteiger partial charge is 0.394 e. The van der Waals surface area contributed by atoms with Crippen LogP contribution in [0.15, 0.2) is 55.5 Å². The number of aliphatic hydroxyl groups is 1. The van der Waals surface area contributed by atoms with Crippen LogP contribution in [0, 0.1) is 5.82 Å². The fourth-order valence-electron chi connectivity index (χ4n) is 2.92. The number of anilines is 2. The van der Waals surface area contributed by atoms with Gasteiger partial charge in [-0.05, 0) is 49.8 Å². The zero-order chi connectivity index (χ0) is 22.5. The second-order valence-electron chi connectivity index (χ2n) is 7.12. The Hall–Kier alpha value is -3.29. The summed E-state index contributed by atoms with van der Waals surface area (Å²) in [6, 6.07) is 7.18. The number of carbonyl (C=O) groups is 1. The molecule has 160 valence electrons. The van der Waals surface area contributed by atoms with Crippen molar-refractivity contribution in [3.8, 4) is 11.3 Å². The van der Waals surface area contributed by atoms with Gasteiger partial charge in [0.2, 0.25) is 0 Å². The number of nitrogens with zero attached hydrogens (tertiary/aromatic N) is 2. The summed E-state index contributed by atoms with van der Waals surface area (Å²) >= 11 is 6.03. The second-order valence-corrected chi connectivity index (χ2v) is 7.56. The first kappa shape index (κ1) is 22.4. The van der Waals surface area contributed by atoms with E-state index in [4.69, 9.17) is 11.6 Å². The van der Waals surface area contributed by atoms with Crippen LogP contribution in [0.5, 0.6) is 0 Å². The fraction of sp³-hybridized carbons (Fsp3) is 0.174. The van der Waals surface area contributed by atoms with Crippen molar-refractivity contribution in [3.63, 3.8) is 0 Å². The first-order valence-corrected chi connectivity index (χ1v) is 9.92. The number of rotatable bonds is 7. The van der Waals surface area contributed by atoms with Crippen molar-refractivity contribution in [1.29, 1.82) is 0 Å². The van der Waals surface area contributed by atoms with Crippen molar-refractivity contribution in [3.05, 3.63) is 77.5 Å². The number of aliphatic hydroxyl groups excluding tert-OH is 1. The van der Waals surface area contributed by atoms with E-state index < -0.39 is 11.9 Å². The predicted molar refractivity (Wildman–Crippen MR) is 121 cm³/mol. The van der Waals surface area contributed by atoms with E-state index in [1.54, 1.807) is 31.5 Å². The Morgan fingerprint density at radius 2 is 2.00 bits per heavy atom. The molecule has 1 unspecified atom stereocenters. The minimum Gasteiger partial charge on any atom is -0.394 e. The third-order valence-corrected chi connectivity index (χ3v) is 4.79. The van der Waals surface area contributed by atoms with Gasteiger partial charge >= 0.3 is 0 Å². The van der Waals surface area contributed by atoms with E-state index in [1.165, 1.54) is 24.4 Å². The van der Waals surface area contributed by atoms with E-state index in [9.17, 15) is 14.3 Å². The molecule has 0 aliphatic carbocycles. The summed E-state index contributed by atoms with van der Waals surface area (Å²) in [4.78, 5) is 21.0. The number of hydrogen-bond acceptors (Lipinski definition) is 5. The molecule has 0 saturated carbocycles. The number of benzene rings is 1. The van der Waals surface area contributed by atoms with Crippen LogP contribution in [0.25, 0.3) is 16.8 Å². The van der Waals surface area contributed by atoms with Gasteiger partial charge in [0.05, 0.1) is 23.6 Å². The maximum atomic E-state index is 14.4. The van der Waals surface area contributed by atoms with Crippen molar-refractivity contribution in [1.82, 2.24) is 15.3 Å². The van der Waals surface area contributed by atoms with E-state index in [0.717, 1.165) is 5.57 Å². The Morgan fingerprint density at radius 1 is 1.23 bits per heavy atom. The van der Waals surface area contributed by atoms with Crippen LogP contribution >= 0.6 is 11.6 Å². The number of nitrogens with one attached hydrogen (secondary N) is 2. The molecule has 0 radical (unpaired) electrons. The number of pyridine rings is 2. The first-order chi connectivity index (χ1) is 14.8. The van der Waals surface area contributed by atoms with Gasteiger partial charge in [0, 0.05) is 46.5 Å². The number of carbonyl (C=O) groups excluding carboxylic acids is 1. The third kappa shape index (κ3) is 5.25. The predicted octanol–water partition coefficient (Wildman–Crippen LogP) is 4.82. The molecule has 0 spiro atoms. The molecule has 3 rings (SSSR count). The summed E-state index contributed by atoms with van der Waals surface area (Å²) in [6.07, 6.45) is 4.57. The van der Waals surface area contributed by atoms with Crippen LogP contribution < -0.4 is 10.6 Å². The molecular weight excluding hydrogens is 419 g/mol. The molecule has 0 saturated heterocycles. The highest BCUT2D eigenvalue weighted by atomic mass is 35.5. The van der Waals surface area contributed by atoms with Gasteiger partial charge in [-0.2, -0.15) is 0 Å². The van der Waals surface area contributed by atoms with Gasteiger partial charge in [0.15, 0.2) is 0 Å². The highest BCUT2D eigenvalue weighted by Crippen LogP contribution is 2.32. The molecule has 1 atom stereocenters. The molecule has 2 aromatic heterocycles. The van der Waals surface area contributed by atoms with Crippen LogP contribution in [0.3, 0.4) is 0 Å². The molecule has 0 aliphatic heterocycles. The molecule has 3 N–H and O–H groups in total. The Labute approximate surface area is 184 Å². The second kappa shape index (κ2) is 9.68. The van der Waals surface area contributed by atoms with Crippen LogP contribution in [-0.4, -0.2) is 33.6 Å². The number of halogens is 2. The average Bonchev–Trinajstić information content (AvgIpc) is 2.75. The Bertz CT molecular complexity index is 1140. The van der Waals surface area contributed by atoms with E-state index >= 15 is 0 Å². The first-order valence-electron chi connectivity index (χ1n) is 9.54. The Balaban J connectivity index is 2.04. The summed E-state index contributed by atoms with van der Waals surface area (Å²) in [5.41, 5.74) is 3.45. The zero-order valence-corrected chi connectivity index (χ0v) is 17.9. The van der Waals surface area contributed by atoms with Gasteiger partial charge in [0.1, 0.15) is 5.82 Å². The van der Waals surface area contributed by atoms with Gasteiger partial charge in [0.25, 0.3) is 5.91 Å². The average molecular weight is 441 g/mol. The fourth-order valence-corrected chi connectivity index (χ4v) is 3.09. The molecule has 0 bridgehead atoms. The lowest BCUT2D eigenvalue weighted by Crippen LogP contribution is -2.35. The molecule has 1 amide bonds. The minimum absolute atomic E-state index is 0.187. The summed E-state index contributed by atoms with van der Waals surface area (Å²) in [6.45, 7) is 7.30. The Kier molecular flexibility index (Phi) is 6.99. The zero-order valence-electron chi connectivity index (χ0n) is 17.1. The normalized spacial score (nSPS) is 11.6. The van der Waals surface area contributed by atoms with Gasteiger partial charge in [-0.1, -0.05) is 18.2 Å². The van der Waals surface area contributed by atoms with Gasteiger partial charge in [-0.25, -0.2) is 4.39 Å². The van der Waals surface area contributed by atoms with Crippen molar-refractivity contribution < 1.29 is 14.3 Å². The molecule has 0 aliphatic rings. The number of allylic oxidation sites excluding steroid dienone is 1. The van der Waals surface area contributed by atoms with E-state index in [2.05, 4.69) is 27.2 Å². The van der Waals surface area contributed by atoms with Crippen LogP contribution in [0.2, 0.25) is 5.02 Å². The van der Waals surface area contributed by atoms with Gasteiger partial charge < -0.3 is 15.7 Å². The van der Waals surface area contributed by atoms with Crippen LogP contribution in [0.4, 0.5) is 15.8 Å². The lowest BCUT2D eigenvalue weighted by Gasteiger charge is -2.17. The third-order valence-electron chi connectivity index (χ3n) is 4.55. The summed E-state index contributed by atoms with van der Waals surface area (Å²) < 4.78 is 14.4. The number of hydrogen-bond donors (Lipinski definition) is 3. The molecule has 3 aromatic rings. The summed E-state index contributed by atoms with van der Waals surface area (Å²) in [5, 5.41) is 15.5. The van der Waals surface area contributed by atoms with E-state index in [0.29, 0.717) is 33.2 Å². The van der Waals surface area contributed by atoms with Crippen molar-refractivity contribution in [2.45, 2.75) is 19.9 Å². The van der Waals surface area contributed by atoms with Crippen molar-refractivity contribution in [2.75, 3.05) is 11.9 Å². The molecule has 2 heterocycles. The molecule has 8 heteroatoms. The van der Waals surface area contributed by atoms with Crippen molar-refractivity contribution >= 4 is 34.5 Å². The lowest BCUT2D eigenvalue weighted by atomic mass is 10.0. The maximum Gasteiger partial charge on any atom is 0.255 e. The lowest BCUT2D eigenvalue weighted by molar-refractivity contribution is 0.0923. The number of amides is 1. The molecule has 0 fully saturated rings. The molecule has 1 aromatic carbocycles. The molecular formula is C23H22ClFN4O2. The summed E-state index contributed by atoms with van der Waals surface area (Å²) in [5.74, 6) is -0.836. The highest BCUT2D eigenvalue weighted by molar-refractivity contribution is 6.30. The van der Waals surface area contributed by atoms with Gasteiger partial charge in [-0.3, -0.25) is 14.8 Å². The Morgan fingerprint density at radius 3 is 2.71 bits per heavy atom. The van der Waals surface area contributed by atoms with E-state index in [1.807, 2.05) is 6.92 Å². The molecule has 6 nitrogen and oxygen atoms in total. The molecule has 31 heavy (non-hydrogen) atoms. The van der Waals surface area contributed by atoms with Crippen molar-refractivity contribution in [2.24, 2.45) is 0 Å². The monoisotopic (exact) mass is 440 g/mol. The standard InChI is InChI=1S/C23H22ClFN4O2/c1-13(2)17-11-27-21(16-8-15(24)4-5-19(16)25)9-22(17)29-20-6-7-26-10-18(20)23(31)28-14(3)12-30/h4-11,14,30H,1,12H2,2-3H3,(H,28,31)(H,26,27,29). The van der Waals surface area contributed by atoms with Crippen LogP contribution in [0.1, 0.15) is 29.8 Å². The van der Waals surface area contributed by atoms with Gasteiger partial charge in [-0.15, -0.1) is 0 Å². The minimum atomic E-state index is -0.451. The topological polar surface area (TPSA) is 87.1 Å². The van der Waals surface area contributed by atoms with E-state index in [-0.39, 0.29) is 18.1 Å².